The van der Waals surface area contributed by atoms with Gasteiger partial charge in [-0.25, -0.2) is 0 Å². The maximum absolute atomic E-state index is 11.7. The molecular weight excluding hydrogens is 268 g/mol. The molecule has 0 heterocycles. The van der Waals surface area contributed by atoms with Gasteiger partial charge in [0, 0.05) is 13.1 Å². The second-order valence-corrected chi connectivity index (χ2v) is 5.24. The largest absolute Gasteiger partial charge is 0.490 e. The van der Waals surface area contributed by atoms with Gasteiger partial charge >= 0.3 is 0 Å². The van der Waals surface area contributed by atoms with Crippen molar-refractivity contribution in [3.05, 3.63) is 23.8 Å². The highest BCUT2D eigenvalue weighted by Crippen LogP contribution is 2.28. The van der Waals surface area contributed by atoms with E-state index in [-0.39, 0.29) is 12.5 Å². The van der Waals surface area contributed by atoms with Crippen LogP contribution in [0.15, 0.2) is 18.2 Å². The molecule has 0 aliphatic heterocycles. The Morgan fingerprint density at radius 1 is 1.29 bits per heavy atom. The lowest BCUT2D eigenvalue weighted by atomic mass is 10.1. The molecule has 0 saturated carbocycles. The van der Waals surface area contributed by atoms with E-state index in [0.717, 1.165) is 12.0 Å². The minimum Gasteiger partial charge on any atom is -0.490 e. The third-order valence-electron chi connectivity index (χ3n) is 2.95. The van der Waals surface area contributed by atoms with E-state index in [9.17, 15) is 4.79 Å². The zero-order chi connectivity index (χ0) is 15.7. The Balaban J connectivity index is 2.52. The Morgan fingerprint density at radius 3 is 2.67 bits per heavy atom. The molecule has 0 fully saturated rings. The van der Waals surface area contributed by atoms with Gasteiger partial charge in [-0.1, -0.05) is 19.9 Å². The number of hydrogen-bond acceptors (Lipinski definition) is 4. The first-order valence-corrected chi connectivity index (χ1v) is 7.42. The van der Waals surface area contributed by atoms with Gasteiger partial charge in [0.2, 0.25) is 0 Å². The van der Waals surface area contributed by atoms with E-state index >= 15 is 0 Å². The van der Waals surface area contributed by atoms with Crippen LogP contribution in [-0.2, 0) is 11.3 Å². The van der Waals surface area contributed by atoms with E-state index in [4.69, 9.17) is 15.2 Å². The number of hydrogen-bond donors (Lipinski definition) is 2. The van der Waals surface area contributed by atoms with Gasteiger partial charge in [0.1, 0.15) is 0 Å². The van der Waals surface area contributed by atoms with Crippen LogP contribution < -0.4 is 20.5 Å². The minimum atomic E-state index is -0.124. The van der Waals surface area contributed by atoms with Crippen molar-refractivity contribution in [3.63, 3.8) is 0 Å². The van der Waals surface area contributed by atoms with E-state index in [0.29, 0.717) is 37.1 Å². The smallest absolute Gasteiger partial charge is 0.257 e. The number of amides is 1. The van der Waals surface area contributed by atoms with Crippen LogP contribution in [0.3, 0.4) is 0 Å². The van der Waals surface area contributed by atoms with Gasteiger partial charge < -0.3 is 20.5 Å². The summed E-state index contributed by atoms with van der Waals surface area (Å²) in [6.45, 7) is 7.77. The average Bonchev–Trinajstić information content (AvgIpc) is 2.45. The molecule has 0 unspecified atom stereocenters. The van der Waals surface area contributed by atoms with Crippen LogP contribution in [0.5, 0.6) is 11.5 Å². The van der Waals surface area contributed by atoms with Crippen molar-refractivity contribution in [2.45, 2.75) is 33.7 Å². The van der Waals surface area contributed by atoms with Gasteiger partial charge in [-0.3, -0.25) is 4.79 Å². The average molecular weight is 294 g/mol. The fraction of sp³-hybridized carbons (Fsp3) is 0.562. The summed E-state index contributed by atoms with van der Waals surface area (Å²) >= 11 is 0. The number of carbonyl (C=O) groups is 1. The molecule has 3 N–H and O–H groups in total. The van der Waals surface area contributed by atoms with Crippen molar-refractivity contribution in [1.82, 2.24) is 5.32 Å². The molecule has 5 nitrogen and oxygen atoms in total. The minimum absolute atomic E-state index is 0.0137. The first-order valence-electron chi connectivity index (χ1n) is 7.42. The van der Waals surface area contributed by atoms with Gasteiger partial charge in [-0.2, -0.15) is 0 Å². The van der Waals surface area contributed by atoms with Gasteiger partial charge in [0.15, 0.2) is 18.1 Å². The predicted octanol–water partition coefficient (Wildman–Crippen LogP) is 2.09. The van der Waals surface area contributed by atoms with Crippen molar-refractivity contribution in [2.24, 2.45) is 11.7 Å². The Labute approximate surface area is 126 Å². The van der Waals surface area contributed by atoms with Crippen molar-refractivity contribution in [2.75, 3.05) is 19.8 Å². The molecule has 0 aliphatic carbocycles. The zero-order valence-electron chi connectivity index (χ0n) is 13.1. The summed E-state index contributed by atoms with van der Waals surface area (Å²) in [4.78, 5) is 11.7. The molecule has 0 aromatic heterocycles. The van der Waals surface area contributed by atoms with Gasteiger partial charge in [-0.05, 0) is 37.0 Å². The number of ether oxygens (including phenoxy) is 2. The Hall–Kier alpha value is -1.75. The standard InChI is InChI=1S/C16H26N2O3/c1-4-20-15-9-13(10-17)5-6-14(15)21-11-16(19)18-8-7-12(2)3/h5-6,9,12H,4,7-8,10-11,17H2,1-3H3,(H,18,19). The fourth-order valence-electron chi connectivity index (χ4n) is 1.76. The number of nitrogens with one attached hydrogen (secondary N) is 1. The van der Waals surface area contributed by atoms with Crippen LogP contribution in [0.2, 0.25) is 0 Å². The Kier molecular flexibility index (Phi) is 7.61. The lowest BCUT2D eigenvalue weighted by Gasteiger charge is -2.13. The monoisotopic (exact) mass is 294 g/mol. The van der Waals surface area contributed by atoms with E-state index in [1.807, 2.05) is 19.1 Å². The van der Waals surface area contributed by atoms with Crippen LogP contribution in [0, 0.1) is 5.92 Å². The summed E-state index contributed by atoms with van der Waals surface area (Å²) < 4.78 is 11.0. The molecule has 0 aliphatic rings. The second kappa shape index (κ2) is 9.23. The molecule has 0 bridgehead atoms. The molecule has 21 heavy (non-hydrogen) atoms. The van der Waals surface area contributed by atoms with Gasteiger partial charge in [0.25, 0.3) is 5.91 Å². The summed E-state index contributed by atoms with van der Waals surface area (Å²) in [5.41, 5.74) is 6.57. The first kappa shape index (κ1) is 17.3. The van der Waals surface area contributed by atoms with E-state index in [1.54, 1.807) is 6.07 Å². The molecule has 0 saturated heterocycles. The van der Waals surface area contributed by atoms with E-state index in [1.165, 1.54) is 0 Å². The number of carbonyl (C=O) groups excluding carboxylic acids is 1. The van der Waals surface area contributed by atoms with E-state index < -0.39 is 0 Å². The lowest BCUT2D eigenvalue weighted by molar-refractivity contribution is -0.123. The first-order chi connectivity index (χ1) is 10.1. The molecule has 0 radical (unpaired) electrons. The van der Waals surface area contributed by atoms with Crippen LogP contribution in [0.1, 0.15) is 32.8 Å². The molecule has 0 spiro atoms. The molecule has 1 aromatic rings. The normalized spacial score (nSPS) is 10.5. The topological polar surface area (TPSA) is 73.6 Å². The summed E-state index contributed by atoms with van der Waals surface area (Å²) in [6, 6.07) is 5.50. The van der Waals surface area contributed by atoms with Crippen LogP contribution in [-0.4, -0.2) is 25.7 Å². The van der Waals surface area contributed by atoms with Crippen LogP contribution in [0.25, 0.3) is 0 Å². The van der Waals surface area contributed by atoms with Crippen molar-refractivity contribution in [1.29, 1.82) is 0 Å². The predicted molar refractivity (Wildman–Crippen MR) is 83.5 cm³/mol. The molecule has 1 rings (SSSR count). The SMILES string of the molecule is CCOc1cc(CN)ccc1OCC(=O)NCCC(C)C. The molecule has 0 atom stereocenters. The fourth-order valence-corrected chi connectivity index (χ4v) is 1.76. The summed E-state index contributed by atoms with van der Waals surface area (Å²) in [5.74, 6) is 1.63. The Bertz CT molecular complexity index is 447. The second-order valence-electron chi connectivity index (χ2n) is 5.24. The van der Waals surface area contributed by atoms with Gasteiger partial charge in [-0.15, -0.1) is 0 Å². The molecule has 118 valence electrons. The molecular formula is C16H26N2O3. The highest BCUT2D eigenvalue weighted by molar-refractivity contribution is 5.77. The number of nitrogens with two attached hydrogens (primary N) is 1. The third kappa shape index (κ3) is 6.49. The maximum Gasteiger partial charge on any atom is 0.257 e. The summed E-state index contributed by atoms with van der Waals surface area (Å²) in [7, 11) is 0. The van der Waals surface area contributed by atoms with Crippen LogP contribution in [0.4, 0.5) is 0 Å². The van der Waals surface area contributed by atoms with Gasteiger partial charge in [0.05, 0.1) is 6.61 Å². The van der Waals surface area contributed by atoms with Crippen LogP contribution >= 0.6 is 0 Å². The Morgan fingerprint density at radius 2 is 2.05 bits per heavy atom. The van der Waals surface area contributed by atoms with E-state index in [2.05, 4.69) is 19.2 Å². The summed E-state index contributed by atoms with van der Waals surface area (Å²) in [5, 5.41) is 2.83. The number of benzene rings is 1. The molecule has 1 amide bonds. The summed E-state index contributed by atoms with van der Waals surface area (Å²) in [6.07, 6.45) is 0.959. The quantitative estimate of drug-likeness (QED) is 0.731. The molecule has 1 aromatic carbocycles. The highest BCUT2D eigenvalue weighted by atomic mass is 16.5. The third-order valence-corrected chi connectivity index (χ3v) is 2.95. The van der Waals surface area contributed by atoms with Crippen molar-refractivity contribution < 1.29 is 14.3 Å². The highest BCUT2D eigenvalue weighted by Gasteiger charge is 2.09. The van der Waals surface area contributed by atoms with Crippen molar-refractivity contribution >= 4 is 5.91 Å². The van der Waals surface area contributed by atoms with Crippen molar-refractivity contribution in [3.8, 4) is 11.5 Å². The molecule has 5 heteroatoms. The maximum atomic E-state index is 11.7. The zero-order valence-corrected chi connectivity index (χ0v) is 13.1. The number of rotatable bonds is 9. The lowest BCUT2D eigenvalue weighted by Crippen LogP contribution is -2.30.